The lowest BCUT2D eigenvalue weighted by Gasteiger charge is -2.19. The minimum Gasteiger partial charge on any atom is -0.486 e. The van der Waals surface area contributed by atoms with E-state index in [9.17, 15) is 18.0 Å². The number of ketones is 1. The number of hydrogen-bond acceptors (Lipinski definition) is 6. The van der Waals surface area contributed by atoms with Gasteiger partial charge in [-0.15, -0.1) is 0 Å². The summed E-state index contributed by atoms with van der Waals surface area (Å²) in [5.41, 5.74) is 0.875. The van der Waals surface area contributed by atoms with Crippen LogP contribution in [0.3, 0.4) is 0 Å². The van der Waals surface area contributed by atoms with E-state index >= 15 is 0 Å². The van der Waals surface area contributed by atoms with Crippen molar-refractivity contribution in [1.29, 1.82) is 0 Å². The van der Waals surface area contributed by atoms with Crippen LogP contribution in [0.25, 0.3) is 0 Å². The van der Waals surface area contributed by atoms with E-state index in [1.165, 1.54) is 31.2 Å². The summed E-state index contributed by atoms with van der Waals surface area (Å²) in [5, 5.41) is 2.59. The Morgan fingerprint density at radius 3 is 2.33 bits per heavy atom. The van der Waals surface area contributed by atoms with Gasteiger partial charge in [-0.25, -0.2) is 13.1 Å². The third-order valence-electron chi connectivity index (χ3n) is 3.82. The van der Waals surface area contributed by atoms with Crippen LogP contribution >= 0.6 is 0 Å². The Labute approximate surface area is 156 Å². The SMILES string of the molecule is CC(=O)c1ccc(S(=O)(=O)NCC(=O)Nc2ccc3c(c2)OCCO3)cc1. The minimum absolute atomic E-state index is 0.0281. The number of fused-ring (bicyclic) bond motifs is 1. The molecule has 1 amide bonds. The standard InChI is InChI=1S/C18H18N2O6S/c1-12(21)13-2-5-15(6-3-13)27(23,24)19-11-18(22)20-14-4-7-16-17(10-14)26-9-8-25-16/h2-7,10,19H,8-9,11H2,1H3,(H,20,22). The molecule has 0 radical (unpaired) electrons. The molecule has 8 nitrogen and oxygen atoms in total. The molecule has 1 aliphatic heterocycles. The quantitative estimate of drug-likeness (QED) is 0.725. The Morgan fingerprint density at radius 1 is 1.00 bits per heavy atom. The molecule has 1 heterocycles. The Hall–Kier alpha value is -2.91. The maximum absolute atomic E-state index is 12.2. The highest BCUT2D eigenvalue weighted by Gasteiger charge is 2.17. The molecule has 2 aromatic carbocycles. The smallest absolute Gasteiger partial charge is 0.241 e. The van der Waals surface area contributed by atoms with E-state index < -0.39 is 22.5 Å². The number of sulfonamides is 1. The van der Waals surface area contributed by atoms with E-state index in [1.807, 2.05) is 0 Å². The molecule has 3 rings (SSSR count). The number of hydrogen-bond donors (Lipinski definition) is 2. The zero-order valence-corrected chi connectivity index (χ0v) is 15.3. The summed E-state index contributed by atoms with van der Waals surface area (Å²) < 4.78 is 37.6. The fourth-order valence-electron chi connectivity index (χ4n) is 2.44. The van der Waals surface area contributed by atoms with Gasteiger partial charge in [0.15, 0.2) is 17.3 Å². The molecular formula is C18H18N2O6S. The van der Waals surface area contributed by atoms with E-state index in [-0.39, 0.29) is 10.7 Å². The molecule has 0 saturated carbocycles. The van der Waals surface area contributed by atoms with Gasteiger partial charge < -0.3 is 14.8 Å². The predicted molar refractivity (Wildman–Crippen MR) is 97.7 cm³/mol. The van der Waals surface area contributed by atoms with E-state index in [4.69, 9.17) is 9.47 Å². The summed E-state index contributed by atoms with van der Waals surface area (Å²) in [4.78, 5) is 23.3. The maximum Gasteiger partial charge on any atom is 0.241 e. The maximum atomic E-state index is 12.2. The van der Waals surface area contributed by atoms with Gasteiger partial charge in [-0.3, -0.25) is 9.59 Å². The number of carbonyl (C=O) groups is 2. The molecule has 0 saturated heterocycles. The van der Waals surface area contributed by atoms with Crippen molar-refractivity contribution in [3.05, 3.63) is 48.0 Å². The van der Waals surface area contributed by atoms with Gasteiger partial charge in [-0.05, 0) is 31.2 Å². The van der Waals surface area contributed by atoms with Gasteiger partial charge in [-0.2, -0.15) is 0 Å². The van der Waals surface area contributed by atoms with Crippen LogP contribution in [-0.4, -0.2) is 39.9 Å². The van der Waals surface area contributed by atoms with Crippen LogP contribution in [-0.2, 0) is 14.8 Å². The van der Waals surface area contributed by atoms with E-state index in [0.717, 1.165) is 0 Å². The molecule has 0 fully saturated rings. The molecule has 142 valence electrons. The fourth-order valence-corrected chi connectivity index (χ4v) is 3.42. The molecule has 0 atom stereocenters. The summed E-state index contributed by atoms with van der Waals surface area (Å²) >= 11 is 0. The van der Waals surface area contributed by atoms with Crippen molar-refractivity contribution in [2.24, 2.45) is 0 Å². The summed E-state index contributed by atoms with van der Waals surface area (Å²) in [6.07, 6.45) is 0. The molecule has 0 spiro atoms. The van der Waals surface area contributed by atoms with Crippen LogP contribution in [0.15, 0.2) is 47.4 Å². The van der Waals surface area contributed by atoms with Gasteiger partial charge >= 0.3 is 0 Å². The number of nitrogens with one attached hydrogen (secondary N) is 2. The first-order valence-electron chi connectivity index (χ1n) is 8.15. The summed E-state index contributed by atoms with van der Waals surface area (Å²) in [6, 6.07) is 10.4. The Kier molecular flexibility index (Phi) is 5.43. The molecule has 2 N–H and O–H groups in total. The van der Waals surface area contributed by atoms with Crippen molar-refractivity contribution in [2.45, 2.75) is 11.8 Å². The first kappa shape index (κ1) is 18.9. The highest BCUT2D eigenvalue weighted by atomic mass is 32.2. The molecule has 0 aliphatic carbocycles. The zero-order valence-electron chi connectivity index (χ0n) is 14.5. The second-order valence-electron chi connectivity index (χ2n) is 5.81. The zero-order chi connectivity index (χ0) is 19.4. The predicted octanol–water partition coefficient (Wildman–Crippen LogP) is 1.58. The van der Waals surface area contributed by atoms with Crippen molar-refractivity contribution in [3.63, 3.8) is 0 Å². The van der Waals surface area contributed by atoms with Gasteiger partial charge in [0.05, 0.1) is 11.4 Å². The lowest BCUT2D eigenvalue weighted by atomic mass is 10.2. The number of anilines is 1. The van der Waals surface area contributed by atoms with Gasteiger partial charge in [-0.1, -0.05) is 12.1 Å². The van der Waals surface area contributed by atoms with Crippen LogP contribution in [0.2, 0.25) is 0 Å². The third kappa shape index (κ3) is 4.63. The number of benzene rings is 2. The second kappa shape index (κ2) is 7.77. The van der Waals surface area contributed by atoms with Crippen LogP contribution in [0, 0.1) is 0 Å². The topological polar surface area (TPSA) is 111 Å². The fraction of sp³-hybridized carbons (Fsp3) is 0.222. The molecular weight excluding hydrogens is 372 g/mol. The van der Waals surface area contributed by atoms with Crippen molar-refractivity contribution < 1.29 is 27.5 Å². The molecule has 0 aromatic heterocycles. The molecule has 2 aromatic rings. The van der Waals surface area contributed by atoms with Crippen molar-refractivity contribution >= 4 is 27.4 Å². The van der Waals surface area contributed by atoms with Crippen LogP contribution in [0.1, 0.15) is 17.3 Å². The Bertz CT molecular complexity index is 970. The largest absolute Gasteiger partial charge is 0.486 e. The monoisotopic (exact) mass is 390 g/mol. The summed E-state index contributed by atoms with van der Waals surface area (Å²) in [5.74, 6) is 0.417. The average Bonchev–Trinajstić information content (AvgIpc) is 2.66. The normalized spacial score (nSPS) is 13.1. The third-order valence-corrected chi connectivity index (χ3v) is 5.24. The van der Waals surface area contributed by atoms with Crippen LogP contribution in [0.5, 0.6) is 11.5 Å². The highest BCUT2D eigenvalue weighted by molar-refractivity contribution is 7.89. The van der Waals surface area contributed by atoms with Gasteiger partial charge in [0.2, 0.25) is 15.9 Å². The number of amides is 1. The van der Waals surface area contributed by atoms with Crippen molar-refractivity contribution in [3.8, 4) is 11.5 Å². The van der Waals surface area contributed by atoms with Gasteiger partial charge in [0.1, 0.15) is 13.2 Å². The number of rotatable bonds is 6. The first-order valence-corrected chi connectivity index (χ1v) is 9.64. The van der Waals surface area contributed by atoms with Gasteiger partial charge in [0, 0.05) is 17.3 Å². The van der Waals surface area contributed by atoms with E-state index in [1.54, 1.807) is 18.2 Å². The Balaban J connectivity index is 1.60. The summed E-state index contributed by atoms with van der Waals surface area (Å²) in [7, 11) is -3.87. The van der Waals surface area contributed by atoms with Crippen LogP contribution in [0.4, 0.5) is 5.69 Å². The number of Topliss-reactive ketones (excluding diaryl/α,β-unsaturated/α-hetero) is 1. The number of carbonyl (C=O) groups excluding carboxylic acids is 2. The average molecular weight is 390 g/mol. The number of ether oxygens (including phenoxy) is 2. The van der Waals surface area contributed by atoms with Crippen LogP contribution < -0.4 is 19.5 Å². The second-order valence-corrected chi connectivity index (χ2v) is 7.58. The molecule has 0 bridgehead atoms. The molecule has 27 heavy (non-hydrogen) atoms. The van der Waals surface area contributed by atoms with E-state index in [0.29, 0.717) is 36.0 Å². The molecule has 0 unspecified atom stereocenters. The molecule has 1 aliphatic rings. The Morgan fingerprint density at radius 2 is 1.67 bits per heavy atom. The highest BCUT2D eigenvalue weighted by Crippen LogP contribution is 2.32. The first-order chi connectivity index (χ1) is 12.8. The van der Waals surface area contributed by atoms with Crippen molar-refractivity contribution in [1.82, 2.24) is 4.72 Å². The lowest BCUT2D eigenvalue weighted by molar-refractivity contribution is -0.115. The molecule has 9 heteroatoms. The van der Waals surface area contributed by atoms with E-state index in [2.05, 4.69) is 10.0 Å². The summed E-state index contributed by atoms with van der Waals surface area (Å²) in [6.45, 7) is 1.84. The van der Waals surface area contributed by atoms with Crippen molar-refractivity contribution in [2.75, 3.05) is 25.1 Å². The van der Waals surface area contributed by atoms with Gasteiger partial charge in [0.25, 0.3) is 0 Å². The minimum atomic E-state index is -3.87. The lowest BCUT2D eigenvalue weighted by Crippen LogP contribution is -2.33.